The molecule has 3 aromatic rings. The minimum Gasteiger partial charge on any atom is -0.356 e. The third-order valence-corrected chi connectivity index (χ3v) is 3.86. The number of rotatable bonds is 4. The average molecular weight is 389 g/mol. The topological polar surface area (TPSA) is 87.7 Å². The van der Waals surface area contributed by atoms with Crippen molar-refractivity contribution in [1.29, 1.82) is 0 Å². The van der Waals surface area contributed by atoms with E-state index in [0.29, 0.717) is 10.3 Å². The van der Waals surface area contributed by atoms with E-state index in [1.54, 1.807) is 6.07 Å². The third kappa shape index (κ3) is 3.23. The Bertz CT molecular complexity index is 891. The molecule has 6 nitrogen and oxygen atoms in total. The standard InChI is InChI=1S/C16H10BrFN4O2/c17-10-2-1-3-11(18)14(10)15(23)9-6-12(20-7-9)16(24)22-13-4-5-19-8-21-13/h1-8,20H,(H,19,21,22,24). The average Bonchev–Trinajstić information content (AvgIpc) is 3.05. The van der Waals surface area contributed by atoms with E-state index in [-0.39, 0.29) is 16.8 Å². The maximum absolute atomic E-state index is 13.9. The van der Waals surface area contributed by atoms with Crippen molar-refractivity contribution in [3.05, 3.63) is 76.2 Å². The fourth-order valence-corrected chi connectivity index (χ4v) is 2.59. The van der Waals surface area contributed by atoms with Gasteiger partial charge in [-0.15, -0.1) is 0 Å². The van der Waals surface area contributed by atoms with Crippen molar-refractivity contribution in [3.63, 3.8) is 0 Å². The predicted octanol–water partition coefficient (Wildman–Crippen LogP) is 3.19. The maximum Gasteiger partial charge on any atom is 0.273 e. The normalized spacial score (nSPS) is 10.4. The Balaban J connectivity index is 1.83. The molecule has 1 amide bonds. The second-order valence-corrected chi connectivity index (χ2v) is 5.63. The zero-order valence-electron chi connectivity index (χ0n) is 12.1. The van der Waals surface area contributed by atoms with E-state index in [2.05, 4.69) is 36.2 Å². The Hall–Kier alpha value is -2.87. The molecule has 0 radical (unpaired) electrons. The third-order valence-electron chi connectivity index (χ3n) is 3.20. The molecule has 0 saturated heterocycles. The van der Waals surface area contributed by atoms with Crippen molar-refractivity contribution in [1.82, 2.24) is 15.0 Å². The molecular formula is C16H10BrFN4O2. The van der Waals surface area contributed by atoms with Gasteiger partial charge >= 0.3 is 0 Å². The van der Waals surface area contributed by atoms with Gasteiger partial charge in [0.1, 0.15) is 23.7 Å². The lowest BCUT2D eigenvalue weighted by Gasteiger charge is -2.03. The van der Waals surface area contributed by atoms with Crippen LogP contribution in [0.4, 0.5) is 10.2 Å². The first-order valence-electron chi connectivity index (χ1n) is 6.81. The molecule has 0 bridgehead atoms. The van der Waals surface area contributed by atoms with Gasteiger partial charge in [-0.2, -0.15) is 0 Å². The van der Waals surface area contributed by atoms with Crippen molar-refractivity contribution in [3.8, 4) is 0 Å². The van der Waals surface area contributed by atoms with Gasteiger partial charge in [0.05, 0.1) is 5.56 Å². The molecule has 2 N–H and O–H groups in total. The fourth-order valence-electron chi connectivity index (χ4n) is 2.06. The summed E-state index contributed by atoms with van der Waals surface area (Å²) in [7, 11) is 0. The molecule has 0 spiro atoms. The summed E-state index contributed by atoms with van der Waals surface area (Å²) in [6.07, 6.45) is 4.15. The summed E-state index contributed by atoms with van der Waals surface area (Å²) in [5.41, 5.74) is 0.248. The Morgan fingerprint density at radius 2 is 2.08 bits per heavy atom. The molecule has 0 saturated carbocycles. The van der Waals surface area contributed by atoms with E-state index >= 15 is 0 Å². The quantitative estimate of drug-likeness (QED) is 0.671. The molecule has 2 heterocycles. The predicted molar refractivity (Wildman–Crippen MR) is 88.3 cm³/mol. The second-order valence-electron chi connectivity index (χ2n) is 4.78. The minimum absolute atomic E-state index is 0.0840. The lowest BCUT2D eigenvalue weighted by atomic mass is 10.1. The number of benzene rings is 1. The van der Waals surface area contributed by atoms with Crippen LogP contribution >= 0.6 is 15.9 Å². The number of amides is 1. The Labute approximate surface area is 144 Å². The van der Waals surface area contributed by atoms with Crippen LogP contribution in [-0.4, -0.2) is 26.6 Å². The summed E-state index contributed by atoms with van der Waals surface area (Å²) < 4.78 is 14.2. The van der Waals surface area contributed by atoms with Gasteiger partial charge in [-0.05, 0) is 40.2 Å². The SMILES string of the molecule is O=C(Nc1ccncn1)c1cc(C(=O)c2c(F)cccc2Br)c[nH]1. The summed E-state index contributed by atoms with van der Waals surface area (Å²) >= 11 is 3.16. The van der Waals surface area contributed by atoms with Crippen LogP contribution < -0.4 is 5.32 Å². The number of nitrogens with zero attached hydrogens (tertiary/aromatic N) is 2. The minimum atomic E-state index is -0.637. The van der Waals surface area contributed by atoms with Crippen LogP contribution in [0.2, 0.25) is 0 Å². The highest BCUT2D eigenvalue weighted by Gasteiger charge is 2.20. The highest BCUT2D eigenvalue weighted by Crippen LogP contribution is 2.23. The number of hydrogen-bond acceptors (Lipinski definition) is 4. The van der Waals surface area contributed by atoms with Gasteiger partial charge in [-0.25, -0.2) is 14.4 Å². The van der Waals surface area contributed by atoms with Gasteiger partial charge in [0.25, 0.3) is 5.91 Å². The van der Waals surface area contributed by atoms with Crippen molar-refractivity contribution in [2.24, 2.45) is 0 Å². The number of anilines is 1. The highest BCUT2D eigenvalue weighted by molar-refractivity contribution is 9.10. The second kappa shape index (κ2) is 6.71. The number of halogens is 2. The molecule has 0 unspecified atom stereocenters. The van der Waals surface area contributed by atoms with Gasteiger partial charge in [0, 0.05) is 22.4 Å². The maximum atomic E-state index is 13.9. The van der Waals surface area contributed by atoms with E-state index in [1.807, 2.05) is 0 Å². The first kappa shape index (κ1) is 16.0. The van der Waals surface area contributed by atoms with E-state index < -0.39 is 17.5 Å². The summed E-state index contributed by atoms with van der Waals surface area (Å²) in [4.78, 5) is 34.9. The van der Waals surface area contributed by atoms with Crippen molar-refractivity contribution in [2.75, 3.05) is 5.32 Å². The van der Waals surface area contributed by atoms with Crippen LogP contribution in [0.5, 0.6) is 0 Å². The molecule has 3 rings (SSSR count). The lowest BCUT2D eigenvalue weighted by Crippen LogP contribution is -2.13. The molecule has 0 atom stereocenters. The van der Waals surface area contributed by atoms with Crippen LogP contribution in [0.15, 0.2) is 53.5 Å². The largest absolute Gasteiger partial charge is 0.356 e. The Kier molecular flexibility index (Phi) is 4.48. The number of aromatic amines is 1. The number of H-pyrrole nitrogens is 1. The number of nitrogens with one attached hydrogen (secondary N) is 2. The van der Waals surface area contributed by atoms with Gasteiger partial charge in [-0.1, -0.05) is 6.07 Å². The molecule has 120 valence electrons. The van der Waals surface area contributed by atoms with Gasteiger partial charge in [-0.3, -0.25) is 9.59 Å². The molecule has 2 aromatic heterocycles. The van der Waals surface area contributed by atoms with Crippen molar-refractivity contribution in [2.45, 2.75) is 0 Å². The number of hydrogen-bond donors (Lipinski definition) is 2. The van der Waals surface area contributed by atoms with E-state index in [9.17, 15) is 14.0 Å². The number of carbonyl (C=O) groups excluding carboxylic acids is 2. The monoisotopic (exact) mass is 388 g/mol. The first-order valence-corrected chi connectivity index (χ1v) is 7.60. The summed E-state index contributed by atoms with van der Waals surface area (Å²) in [6.45, 7) is 0. The number of carbonyl (C=O) groups is 2. The fraction of sp³-hybridized carbons (Fsp3) is 0. The summed E-state index contributed by atoms with van der Waals surface area (Å²) in [6, 6.07) is 7.16. The highest BCUT2D eigenvalue weighted by atomic mass is 79.9. The number of ketones is 1. The van der Waals surface area contributed by atoms with Crippen LogP contribution in [0, 0.1) is 5.82 Å². The van der Waals surface area contributed by atoms with Gasteiger partial charge in [0.2, 0.25) is 0 Å². The molecule has 0 aliphatic carbocycles. The molecule has 1 aromatic carbocycles. The van der Waals surface area contributed by atoms with E-state index in [4.69, 9.17) is 0 Å². The van der Waals surface area contributed by atoms with E-state index in [1.165, 1.54) is 43.0 Å². The lowest BCUT2D eigenvalue weighted by molar-refractivity contribution is 0.102. The van der Waals surface area contributed by atoms with Crippen molar-refractivity contribution < 1.29 is 14.0 Å². The van der Waals surface area contributed by atoms with Crippen LogP contribution in [-0.2, 0) is 0 Å². The molecule has 8 heteroatoms. The zero-order chi connectivity index (χ0) is 17.1. The Morgan fingerprint density at radius 1 is 1.25 bits per heavy atom. The van der Waals surface area contributed by atoms with Crippen LogP contribution in [0.1, 0.15) is 26.4 Å². The van der Waals surface area contributed by atoms with E-state index in [0.717, 1.165) is 0 Å². The number of aromatic nitrogens is 3. The molecular weight excluding hydrogens is 379 g/mol. The van der Waals surface area contributed by atoms with Gasteiger partial charge < -0.3 is 10.3 Å². The zero-order valence-corrected chi connectivity index (χ0v) is 13.7. The molecule has 24 heavy (non-hydrogen) atoms. The van der Waals surface area contributed by atoms with Crippen LogP contribution in [0.25, 0.3) is 0 Å². The smallest absolute Gasteiger partial charge is 0.273 e. The molecule has 0 aliphatic rings. The van der Waals surface area contributed by atoms with Gasteiger partial charge in [0.15, 0.2) is 5.78 Å². The summed E-state index contributed by atoms with van der Waals surface area (Å²) in [5.74, 6) is -1.31. The Morgan fingerprint density at radius 3 is 2.79 bits per heavy atom. The van der Waals surface area contributed by atoms with Crippen molar-refractivity contribution >= 4 is 33.4 Å². The van der Waals surface area contributed by atoms with Crippen LogP contribution in [0.3, 0.4) is 0 Å². The molecule has 0 aliphatic heterocycles. The first-order chi connectivity index (χ1) is 11.6. The summed E-state index contributed by atoms with van der Waals surface area (Å²) in [5, 5.41) is 2.56. The molecule has 0 fully saturated rings.